The van der Waals surface area contributed by atoms with Crippen molar-refractivity contribution in [2.75, 3.05) is 32.7 Å². The lowest BCUT2D eigenvalue weighted by Gasteiger charge is -2.30. The minimum absolute atomic E-state index is 0. The van der Waals surface area contributed by atoms with E-state index in [9.17, 15) is 0 Å². The molecule has 0 unspecified atom stereocenters. The highest BCUT2D eigenvalue weighted by molar-refractivity contribution is 4.94. The normalized spacial score (nSPS) is 21.0. The van der Waals surface area contributed by atoms with Gasteiger partial charge in [-0.3, -0.25) is 0 Å². The molecule has 17 heavy (non-hydrogen) atoms. The molecule has 0 aromatic heterocycles. The molecule has 2 rings (SSSR count). The Morgan fingerprint density at radius 3 is 1.82 bits per heavy atom. The minimum atomic E-state index is 0. The molecule has 2 nitrogen and oxygen atoms in total. The second-order valence-electron chi connectivity index (χ2n) is 4.38. The van der Waals surface area contributed by atoms with Crippen LogP contribution in [0, 0.1) is 5.41 Å². The first-order valence-corrected chi connectivity index (χ1v) is 7.28. The van der Waals surface area contributed by atoms with Gasteiger partial charge in [-0.2, -0.15) is 0 Å². The molecule has 0 radical (unpaired) electrons. The van der Waals surface area contributed by atoms with Crippen LogP contribution in [0.25, 0.3) is 0 Å². The SMILES string of the molecule is C.CC.CC.CCC1(CN2CCNCC2)CC1. The summed E-state index contributed by atoms with van der Waals surface area (Å²) in [5.74, 6) is 0. The summed E-state index contributed by atoms with van der Waals surface area (Å²) in [6.07, 6.45) is 4.35. The van der Waals surface area contributed by atoms with Gasteiger partial charge < -0.3 is 10.2 Å². The van der Waals surface area contributed by atoms with E-state index in [2.05, 4.69) is 17.1 Å². The van der Waals surface area contributed by atoms with Crippen LogP contribution in [-0.4, -0.2) is 37.6 Å². The Morgan fingerprint density at radius 1 is 1.00 bits per heavy atom. The highest BCUT2D eigenvalue weighted by atomic mass is 15.2. The zero-order valence-electron chi connectivity index (χ0n) is 12.1. The average Bonchev–Trinajstić information content (AvgIpc) is 3.16. The summed E-state index contributed by atoms with van der Waals surface area (Å²) in [4.78, 5) is 2.63. The van der Waals surface area contributed by atoms with E-state index >= 15 is 0 Å². The fourth-order valence-electron chi connectivity index (χ4n) is 2.14. The van der Waals surface area contributed by atoms with Gasteiger partial charge >= 0.3 is 0 Å². The van der Waals surface area contributed by atoms with Gasteiger partial charge in [-0.05, 0) is 24.7 Å². The van der Waals surface area contributed by atoms with E-state index in [0.29, 0.717) is 0 Å². The smallest absolute Gasteiger partial charge is 0.0108 e. The van der Waals surface area contributed by atoms with Crippen LogP contribution in [0.2, 0.25) is 0 Å². The first-order valence-electron chi connectivity index (χ1n) is 7.28. The quantitative estimate of drug-likeness (QED) is 0.813. The van der Waals surface area contributed by atoms with Crippen LogP contribution in [-0.2, 0) is 0 Å². The summed E-state index contributed by atoms with van der Waals surface area (Å²) in [7, 11) is 0. The lowest BCUT2D eigenvalue weighted by atomic mass is 10.0. The van der Waals surface area contributed by atoms with Crippen molar-refractivity contribution in [1.29, 1.82) is 0 Å². The molecule has 0 amide bonds. The fourth-order valence-corrected chi connectivity index (χ4v) is 2.14. The number of rotatable bonds is 3. The first-order chi connectivity index (χ1) is 7.85. The van der Waals surface area contributed by atoms with Crippen LogP contribution >= 0.6 is 0 Å². The Bertz CT molecular complexity index is 147. The van der Waals surface area contributed by atoms with E-state index < -0.39 is 0 Å². The van der Waals surface area contributed by atoms with Gasteiger partial charge in [-0.1, -0.05) is 42.0 Å². The monoisotopic (exact) mass is 244 g/mol. The number of nitrogens with one attached hydrogen (secondary N) is 1. The van der Waals surface area contributed by atoms with Crippen LogP contribution < -0.4 is 5.32 Å². The molecule has 106 valence electrons. The maximum atomic E-state index is 3.40. The zero-order chi connectivity index (χ0) is 12.4. The summed E-state index contributed by atoms with van der Waals surface area (Å²) in [6, 6.07) is 0. The lowest BCUT2D eigenvalue weighted by molar-refractivity contribution is 0.193. The number of piperazine rings is 1. The molecular formula is C15H36N2. The van der Waals surface area contributed by atoms with Crippen molar-refractivity contribution >= 4 is 0 Å². The van der Waals surface area contributed by atoms with Gasteiger partial charge in [0.2, 0.25) is 0 Å². The second-order valence-corrected chi connectivity index (χ2v) is 4.38. The fraction of sp³-hybridized carbons (Fsp3) is 1.00. The van der Waals surface area contributed by atoms with E-state index in [1.165, 1.54) is 52.0 Å². The van der Waals surface area contributed by atoms with Gasteiger partial charge in [0, 0.05) is 32.7 Å². The highest BCUT2D eigenvalue weighted by Crippen LogP contribution is 2.49. The summed E-state index contributed by atoms with van der Waals surface area (Å²) < 4.78 is 0. The van der Waals surface area contributed by atoms with E-state index in [1.54, 1.807) is 0 Å². The molecule has 1 aliphatic carbocycles. The van der Waals surface area contributed by atoms with Crippen molar-refractivity contribution < 1.29 is 0 Å². The van der Waals surface area contributed by atoms with Crippen LogP contribution in [0.15, 0.2) is 0 Å². The Kier molecular flexibility index (Phi) is 12.5. The van der Waals surface area contributed by atoms with E-state index in [-0.39, 0.29) is 7.43 Å². The maximum absolute atomic E-state index is 3.40. The molecule has 1 heterocycles. The van der Waals surface area contributed by atoms with Gasteiger partial charge in [0.25, 0.3) is 0 Å². The van der Waals surface area contributed by atoms with Crippen molar-refractivity contribution in [2.24, 2.45) is 5.41 Å². The van der Waals surface area contributed by atoms with E-state index in [1.807, 2.05) is 27.7 Å². The van der Waals surface area contributed by atoms with Crippen LogP contribution in [0.1, 0.15) is 61.3 Å². The highest BCUT2D eigenvalue weighted by Gasteiger charge is 2.41. The first kappa shape index (κ1) is 19.3. The summed E-state index contributed by atoms with van der Waals surface area (Å²) in [5.41, 5.74) is 0.747. The van der Waals surface area contributed by atoms with Crippen molar-refractivity contribution in [3.63, 3.8) is 0 Å². The largest absolute Gasteiger partial charge is 0.314 e. The molecule has 1 aliphatic heterocycles. The van der Waals surface area contributed by atoms with Gasteiger partial charge in [-0.15, -0.1) is 0 Å². The number of nitrogens with zero attached hydrogens (tertiary/aromatic N) is 1. The molecule has 0 aromatic rings. The third kappa shape index (κ3) is 7.05. The molecule has 1 N–H and O–H groups in total. The van der Waals surface area contributed by atoms with Crippen LogP contribution in [0.4, 0.5) is 0 Å². The van der Waals surface area contributed by atoms with Crippen molar-refractivity contribution in [3.05, 3.63) is 0 Å². The topological polar surface area (TPSA) is 15.3 Å². The van der Waals surface area contributed by atoms with E-state index in [4.69, 9.17) is 0 Å². The number of hydrogen-bond acceptors (Lipinski definition) is 2. The molecule has 2 aliphatic rings. The molecule has 0 bridgehead atoms. The van der Waals surface area contributed by atoms with Crippen LogP contribution in [0.5, 0.6) is 0 Å². The predicted molar refractivity (Wildman–Crippen MR) is 80.7 cm³/mol. The molecule has 2 heteroatoms. The Balaban J connectivity index is 0. The zero-order valence-corrected chi connectivity index (χ0v) is 12.1. The van der Waals surface area contributed by atoms with E-state index in [0.717, 1.165) is 5.41 Å². The summed E-state index contributed by atoms with van der Waals surface area (Å²) >= 11 is 0. The average molecular weight is 244 g/mol. The Hall–Kier alpha value is -0.0800. The maximum Gasteiger partial charge on any atom is 0.0108 e. The molecule has 0 spiro atoms. The second kappa shape index (κ2) is 11.0. The number of hydrogen-bond donors (Lipinski definition) is 1. The molecule has 0 aromatic carbocycles. The standard InChI is InChI=1S/C10H20N2.2C2H6.CH4/c1-2-10(3-4-10)9-12-7-5-11-6-8-12;2*1-2;/h11H,2-9H2,1H3;2*1-2H3;1H4. The molecule has 0 atom stereocenters. The molecule has 1 saturated carbocycles. The van der Waals surface area contributed by atoms with Crippen molar-refractivity contribution in [2.45, 2.75) is 61.3 Å². The Morgan fingerprint density at radius 2 is 1.47 bits per heavy atom. The summed E-state index contributed by atoms with van der Waals surface area (Å²) in [5, 5.41) is 3.40. The van der Waals surface area contributed by atoms with Gasteiger partial charge in [0.05, 0.1) is 0 Å². The Labute approximate surface area is 110 Å². The van der Waals surface area contributed by atoms with Crippen molar-refractivity contribution in [3.8, 4) is 0 Å². The van der Waals surface area contributed by atoms with Gasteiger partial charge in [0.1, 0.15) is 0 Å². The van der Waals surface area contributed by atoms with Crippen LogP contribution in [0.3, 0.4) is 0 Å². The van der Waals surface area contributed by atoms with Crippen molar-refractivity contribution in [1.82, 2.24) is 10.2 Å². The third-order valence-electron chi connectivity index (χ3n) is 3.48. The molecular weight excluding hydrogens is 208 g/mol. The predicted octanol–water partition coefficient (Wildman–Crippen LogP) is 3.77. The molecule has 1 saturated heterocycles. The summed E-state index contributed by atoms with van der Waals surface area (Å²) in [6.45, 7) is 16.6. The molecule has 2 fully saturated rings. The lowest BCUT2D eigenvalue weighted by Crippen LogP contribution is -2.45. The minimum Gasteiger partial charge on any atom is -0.314 e. The van der Waals surface area contributed by atoms with Gasteiger partial charge in [-0.25, -0.2) is 0 Å². The van der Waals surface area contributed by atoms with Gasteiger partial charge in [0.15, 0.2) is 0 Å². The third-order valence-corrected chi connectivity index (χ3v) is 3.48.